The molecule has 0 aliphatic carbocycles. The Morgan fingerprint density at radius 2 is 1.18 bits per heavy atom. The summed E-state index contributed by atoms with van der Waals surface area (Å²) in [6.45, 7) is 8.24. The molecule has 2 nitrogen and oxygen atoms in total. The molecule has 1 aromatic heterocycles. The van der Waals surface area contributed by atoms with Crippen LogP contribution >= 0.6 is 0 Å². The summed E-state index contributed by atoms with van der Waals surface area (Å²) < 4.78 is 4.97. The van der Waals surface area contributed by atoms with E-state index in [1.807, 2.05) is 0 Å². The van der Waals surface area contributed by atoms with Crippen LogP contribution in [-0.4, -0.2) is 4.57 Å². The minimum atomic E-state index is 0.0180. The van der Waals surface area contributed by atoms with Crippen molar-refractivity contribution in [2.24, 2.45) is 0 Å². The summed E-state index contributed by atoms with van der Waals surface area (Å²) in [5.74, 6) is 0. The number of hydrogen-bond donors (Lipinski definition) is 0. The Bertz CT molecular complexity index is 1010. The smallest absolute Gasteiger partial charge is 0.237 e. The maximum Gasteiger partial charge on any atom is 0.244 e. The van der Waals surface area contributed by atoms with E-state index in [0.29, 0.717) is 6.04 Å². The molecule has 2 atom stereocenters. The Morgan fingerprint density at radius 3 is 1.75 bits per heavy atom. The minimum absolute atomic E-state index is 0.0180. The molecule has 2 heteroatoms. The molecule has 0 saturated carbocycles. The third kappa shape index (κ3) is 10.9. The summed E-state index contributed by atoms with van der Waals surface area (Å²) in [4.78, 5) is 0. The van der Waals surface area contributed by atoms with Crippen LogP contribution < -0.4 is 4.57 Å². The van der Waals surface area contributed by atoms with Gasteiger partial charge in [0, 0.05) is 5.41 Å². The first-order valence-corrected chi connectivity index (χ1v) is 16.8. The fraction of sp³-hybridized carbons (Fsp3) is 0.605. The van der Waals surface area contributed by atoms with Crippen molar-refractivity contribution in [3.63, 3.8) is 0 Å². The second-order valence-electron chi connectivity index (χ2n) is 12.4. The van der Waals surface area contributed by atoms with Gasteiger partial charge in [-0.25, -0.2) is 9.13 Å². The first kappa shape index (κ1) is 32.2. The van der Waals surface area contributed by atoms with Crippen LogP contribution in [0.2, 0.25) is 0 Å². The molecule has 0 N–H and O–H groups in total. The standard InChI is InChI=1S/C38H59N2/c1-4-6-8-9-10-11-12-13-14-15-16-17-24-30-39-31-32-40(34-39)37(29-7-5-2)38(3,36-27-22-19-23-28-36)33-35-25-20-18-21-26-35/h18-23,25-28,31-32,34,37H,4-17,24,29-30,33H2,1-3H3/q+1. The Hall–Kier alpha value is -2.35. The zero-order valence-corrected chi connectivity index (χ0v) is 26.2. The fourth-order valence-electron chi connectivity index (χ4n) is 6.48. The molecule has 0 saturated heterocycles. The molecular formula is C38H59N2+. The molecule has 2 aromatic carbocycles. The van der Waals surface area contributed by atoms with Gasteiger partial charge in [0.1, 0.15) is 18.4 Å². The lowest BCUT2D eigenvalue weighted by molar-refractivity contribution is -0.697. The number of nitrogens with zero attached hydrogens (tertiary/aromatic N) is 2. The van der Waals surface area contributed by atoms with E-state index in [9.17, 15) is 0 Å². The maximum atomic E-state index is 2.54. The average Bonchev–Trinajstić information content (AvgIpc) is 3.45. The lowest BCUT2D eigenvalue weighted by Gasteiger charge is -2.36. The van der Waals surface area contributed by atoms with Gasteiger partial charge in [-0.05, 0) is 43.2 Å². The number of unbranched alkanes of at least 4 members (excludes halogenated alkanes) is 13. The second kappa shape index (κ2) is 18.9. The first-order chi connectivity index (χ1) is 19.7. The van der Waals surface area contributed by atoms with Gasteiger partial charge in [-0.2, -0.15) is 0 Å². The summed E-state index contributed by atoms with van der Waals surface area (Å²) in [7, 11) is 0. The molecular weight excluding hydrogens is 484 g/mol. The molecule has 40 heavy (non-hydrogen) atoms. The van der Waals surface area contributed by atoms with Crippen LogP contribution in [0.3, 0.4) is 0 Å². The summed E-state index contributed by atoms with van der Waals surface area (Å²) in [6.07, 6.45) is 30.1. The highest BCUT2D eigenvalue weighted by atomic mass is 15.1. The number of benzene rings is 2. The van der Waals surface area contributed by atoms with Gasteiger partial charge in [0.25, 0.3) is 0 Å². The Morgan fingerprint density at radius 1 is 0.650 bits per heavy atom. The van der Waals surface area contributed by atoms with Gasteiger partial charge in [-0.3, -0.25) is 0 Å². The van der Waals surface area contributed by atoms with Crippen molar-refractivity contribution in [3.05, 3.63) is 90.5 Å². The monoisotopic (exact) mass is 543 g/mol. The molecule has 1 heterocycles. The van der Waals surface area contributed by atoms with Crippen molar-refractivity contribution in [3.8, 4) is 0 Å². The number of imidazole rings is 1. The second-order valence-corrected chi connectivity index (χ2v) is 12.4. The predicted octanol–water partition coefficient (Wildman–Crippen LogP) is 10.8. The van der Waals surface area contributed by atoms with Crippen LogP contribution in [0.15, 0.2) is 79.4 Å². The molecule has 220 valence electrons. The molecule has 0 aliphatic rings. The van der Waals surface area contributed by atoms with E-state index in [0.717, 1.165) is 13.0 Å². The predicted molar refractivity (Wildman–Crippen MR) is 173 cm³/mol. The largest absolute Gasteiger partial charge is 0.244 e. The van der Waals surface area contributed by atoms with Crippen LogP contribution in [0.25, 0.3) is 0 Å². The van der Waals surface area contributed by atoms with Crippen LogP contribution in [0, 0.1) is 0 Å². The van der Waals surface area contributed by atoms with Crippen molar-refractivity contribution in [1.29, 1.82) is 0 Å². The third-order valence-electron chi connectivity index (χ3n) is 9.01. The van der Waals surface area contributed by atoms with E-state index in [2.05, 4.69) is 109 Å². The van der Waals surface area contributed by atoms with Gasteiger partial charge >= 0.3 is 0 Å². The molecule has 0 fully saturated rings. The summed E-state index contributed by atoms with van der Waals surface area (Å²) >= 11 is 0. The summed E-state index contributed by atoms with van der Waals surface area (Å²) in [6, 6.07) is 22.7. The maximum absolute atomic E-state index is 2.54. The zero-order valence-electron chi connectivity index (χ0n) is 26.2. The van der Waals surface area contributed by atoms with Crippen molar-refractivity contribution in [2.75, 3.05) is 0 Å². The van der Waals surface area contributed by atoms with E-state index < -0.39 is 0 Å². The van der Waals surface area contributed by atoms with Gasteiger partial charge in [-0.15, -0.1) is 0 Å². The van der Waals surface area contributed by atoms with E-state index in [4.69, 9.17) is 0 Å². The SMILES string of the molecule is CCCCCCCCCCCCCCC[n+]1ccn(C(CCCC)C(C)(Cc2ccccc2)c2ccccc2)c1. The summed E-state index contributed by atoms with van der Waals surface area (Å²) in [5.41, 5.74) is 2.88. The van der Waals surface area contributed by atoms with Gasteiger partial charge in [0.05, 0.1) is 6.54 Å². The van der Waals surface area contributed by atoms with E-state index in [1.54, 1.807) is 0 Å². The number of hydrogen-bond acceptors (Lipinski definition) is 0. The third-order valence-corrected chi connectivity index (χ3v) is 9.01. The van der Waals surface area contributed by atoms with Crippen LogP contribution in [0.4, 0.5) is 0 Å². The topological polar surface area (TPSA) is 8.81 Å². The highest BCUT2D eigenvalue weighted by Crippen LogP contribution is 2.41. The van der Waals surface area contributed by atoms with Crippen molar-refractivity contribution in [1.82, 2.24) is 4.57 Å². The number of aryl methyl sites for hydroxylation is 1. The van der Waals surface area contributed by atoms with Gasteiger partial charge in [0.15, 0.2) is 0 Å². The Labute approximate surface area is 247 Å². The number of aromatic nitrogens is 2. The van der Waals surface area contributed by atoms with Crippen LogP contribution in [-0.2, 0) is 18.4 Å². The van der Waals surface area contributed by atoms with Crippen molar-refractivity contribution in [2.45, 2.75) is 148 Å². The molecule has 2 unspecified atom stereocenters. The lowest BCUT2D eigenvalue weighted by Crippen LogP contribution is -2.38. The summed E-state index contributed by atoms with van der Waals surface area (Å²) in [5, 5.41) is 0. The first-order valence-electron chi connectivity index (χ1n) is 16.8. The minimum Gasteiger partial charge on any atom is -0.237 e. The van der Waals surface area contributed by atoms with Gasteiger partial charge < -0.3 is 0 Å². The van der Waals surface area contributed by atoms with E-state index in [-0.39, 0.29) is 5.41 Å². The molecule has 0 amide bonds. The van der Waals surface area contributed by atoms with E-state index in [1.165, 1.54) is 114 Å². The van der Waals surface area contributed by atoms with Crippen LogP contribution in [0.5, 0.6) is 0 Å². The fourth-order valence-corrected chi connectivity index (χ4v) is 6.48. The highest BCUT2D eigenvalue weighted by Gasteiger charge is 2.40. The number of rotatable bonds is 22. The lowest BCUT2D eigenvalue weighted by atomic mass is 9.70. The molecule has 3 aromatic rings. The van der Waals surface area contributed by atoms with E-state index >= 15 is 0 Å². The zero-order chi connectivity index (χ0) is 28.3. The van der Waals surface area contributed by atoms with Gasteiger partial charge in [-0.1, -0.05) is 158 Å². The average molecular weight is 544 g/mol. The Balaban J connectivity index is 1.51. The van der Waals surface area contributed by atoms with Crippen molar-refractivity contribution < 1.29 is 4.57 Å². The molecule has 3 rings (SSSR count). The van der Waals surface area contributed by atoms with Crippen LogP contribution in [0.1, 0.15) is 141 Å². The molecule has 0 aliphatic heterocycles. The molecule has 0 bridgehead atoms. The molecule has 0 spiro atoms. The molecule has 0 radical (unpaired) electrons. The Kier molecular flexibility index (Phi) is 15.2. The quantitative estimate of drug-likeness (QED) is 0.0880. The van der Waals surface area contributed by atoms with Gasteiger partial charge in [0.2, 0.25) is 6.33 Å². The normalized spacial score (nSPS) is 13.8. The highest BCUT2D eigenvalue weighted by molar-refractivity contribution is 5.30. The van der Waals surface area contributed by atoms with Crippen molar-refractivity contribution >= 4 is 0 Å².